The van der Waals surface area contributed by atoms with Crippen molar-refractivity contribution >= 4 is 0 Å². The van der Waals surface area contributed by atoms with Crippen molar-refractivity contribution in [3.05, 3.63) is 25.6 Å². The van der Waals surface area contributed by atoms with E-state index in [9.17, 15) is 0 Å². The van der Waals surface area contributed by atoms with E-state index in [1.54, 1.807) is 0 Å². The molecule has 1 heterocycles. The van der Waals surface area contributed by atoms with Crippen molar-refractivity contribution in [1.29, 1.82) is 0 Å². The van der Waals surface area contributed by atoms with Crippen molar-refractivity contribution in [3.63, 3.8) is 0 Å². The van der Waals surface area contributed by atoms with Crippen LogP contribution in [0.15, 0.2) is 18.7 Å². The van der Waals surface area contributed by atoms with Crippen LogP contribution in [-0.4, -0.2) is 9.55 Å². The Labute approximate surface area is 100 Å². The lowest BCUT2D eigenvalue weighted by molar-refractivity contribution is 0.233. The summed E-state index contributed by atoms with van der Waals surface area (Å²) in [4.78, 5) is 4.15. The van der Waals surface area contributed by atoms with Crippen LogP contribution in [0.5, 0.6) is 0 Å². The van der Waals surface area contributed by atoms with Crippen LogP contribution in [0.25, 0.3) is 0 Å². The highest BCUT2D eigenvalue weighted by Gasteiger charge is 2.28. The van der Waals surface area contributed by atoms with Crippen molar-refractivity contribution < 1.29 is 0 Å². The third-order valence-corrected chi connectivity index (χ3v) is 3.27. The molecule has 2 heteroatoms. The fraction of sp³-hybridized carbons (Fsp3) is 0.714. The lowest BCUT2D eigenvalue weighted by Gasteiger charge is -2.35. The number of rotatable bonds is 6. The first kappa shape index (κ1) is 13.3. The second-order valence-electron chi connectivity index (χ2n) is 5.51. The van der Waals surface area contributed by atoms with E-state index >= 15 is 0 Å². The van der Waals surface area contributed by atoms with E-state index in [0.717, 1.165) is 12.8 Å². The largest absolute Gasteiger partial charge is 0.331 e. The summed E-state index contributed by atoms with van der Waals surface area (Å²) >= 11 is 0. The molecule has 0 aromatic carbocycles. The highest BCUT2D eigenvalue weighted by Crippen LogP contribution is 2.32. The van der Waals surface area contributed by atoms with Crippen LogP contribution in [0.3, 0.4) is 0 Å². The molecule has 2 unspecified atom stereocenters. The molecule has 0 saturated heterocycles. The van der Waals surface area contributed by atoms with Crippen molar-refractivity contribution in [2.24, 2.45) is 11.8 Å². The predicted octanol–water partition coefficient (Wildman–Crippen LogP) is 3.89. The molecule has 0 aliphatic heterocycles. The van der Waals surface area contributed by atoms with E-state index in [-0.39, 0.29) is 5.54 Å². The monoisotopic (exact) mass is 221 g/mol. The minimum Gasteiger partial charge on any atom is -0.331 e. The molecule has 0 N–H and O–H groups in total. The average molecular weight is 221 g/mol. The lowest BCUT2D eigenvalue weighted by Crippen LogP contribution is -2.33. The first-order valence-corrected chi connectivity index (χ1v) is 6.31. The predicted molar refractivity (Wildman–Crippen MR) is 69.1 cm³/mol. The van der Waals surface area contributed by atoms with Gasteiger partial charge in [-0.15, -0.1) is 0 Å². The quantitative estimate of drug-likeness (QED) is 0.712. The van der Waals surface area contributed by atoms with Crippen molar-refractivity contribution in [2.45, 2.75) is 52.5 Å². The standard InChI is InChI=1S/C14H25N2/c1-6-13(4)10-14(5,9-12(2)3)16-8-7-15-11-16/h7-8,11-13H,5-6,9-10H2,1-4H3. The molecule has 1 aromatic rings. The van der Waals surface area contributed by atoms with Gasteiger partial charge in [-0.3, -0.25) is 0 Å². The first-order chi connectivity index (χ1) is 7.48. The van der Waals surface area contributed by atoms with E-state index in [1.165, 1.54) is 6.42 Å². The van der Waals surface area contributed by atoms with Gasteiger partial charge >= 0.3 is 0 Å². The zero-order valence-electron chi connectivity index (χ0n) is 11.1. The summed E-state index contributed by atoms with van der Waals surface area (Å²) in [6.07, 6.45) is 9.22. The van der Waals surface area contributed by atoms with Gasteiger partial charge in [-0.1, -0.05) is 34.1 Å². The van der Waals surface area contributed by atoms with Crippen LogP contribution < -0.4 is 0 Å². The average Bonchev–Trinajstić information content (AvgIpc) is 2.69. The van der Waals surface area contributed by atoms with Gasteiger partial charge in [-0.2, -0.15) is 0 Å². The summed E-state index contributed by atoms with van der Waals surface area (Å²) in [5, 5.41) is 0. The highest BCUT2D eigenvalue weighted by atomic mass is 15.1. The zero-order valence-corrected chi connectivity index (χ0v) is 11.1. The molecule has 0 fully saturated rings. The number of imidazole rings is 1. The fourth-order valence-corrected chi connectivity index (χ4v) is 2.39. The van der Waals surface area contributed by atoms with Gasteiger partial charge in [0, 0.05) is 17.9 Å². The molecule has 2 atom stereocenters. The zero-order chi connectivity index (χ0) is 12.2. The summed E-state index contributed by atoms with van der Waals surface area (Å²) in [6.45, 7) is 13.5. The Morgan fingerprint density at radius 3 is 2.44 bits per heavy atom. The maximum Gasteiger partial charge on any atom is 0.0951 e. The molecule has 2 nitrogen and oxygen atoms in total. The van der Waals surface area contributed by atoms with Gasteiger partial charge in [0.2, 0.25) is 0 Å². The SMILES string of the molecule is [CH2]C(CC(C)C)(CC(C)CC)n1ccnc1. The van der Waals surface area contributed by atoms with Crippen molar-refractivity contribution in [2.75, 3.05) is 0 Å². The van der Waals surface area contributed by atoms with E-state index in [0.29, 0.717) is 11.8 Å². The molecule has 0 bridgehead atoms. The number of nitrogens with zero attached hydrogens (tertiary/aromatic N) is 2. The highest BCUT2D eigenvalue weighted by molar-refractivity contribution is 4.95. The molecule has 0 spiro atoms. The maximum atomic E-state index is 4.46. The van der Waals surface area contributed by atoms with Crippen LogP contribution in [0, 0.1) is 18.8 Å². The molecule has 0 aliphatic carbocycles. The summed E-state index contributed by atoms with van der Waals surface area (Å²) in [5.41, 5.74) is -0.0277. The van der Waals surface area contributed by atoms with Gasteiger partial charge in [0.05, 0.1) is 6.33 Å². The van der Waals surface area contributed by atoms with Gasteiger partial charge < -0.3 is 4.57 Å². The number of aromatic nitrogens is 2. The maximum absolute atomic E-state index is 4.46. The normalized spacial score (nSPS) is 17.4. The third kappa shape index (κ3) is 3.36. The van der Waals surface area contributed by atoms with Crippen LogP contribution in [-0.2, 0) is 5.54 Å². The third-order valence-electron chi connectivity index (χ3n) is 3.27. The number of hydrogen-bond acceptors (Lipinski definition) is 1. The first-order valence-electron chi connectivity index (χ1n) is 6.31. The molecular weight excluding hydrogens is 196 g/mol. The topological polar surface area (TPSA) is 17.8 Å². The molecule has 0 amide bonds. The Balaban J connectivity index is 2.84. The Kier molecular flexibility index (Phi) is 4.57. The summed E-state index contributed by atoms with van der Waals surface area (Å²) < 4.78 is 2.18. The Hall–Kier alpha value is -0.790. The van der Waals surface area contributed by atoms with E-state index in [1.807, 2.05) is 18.7 Å². The van der Waals surface area contributed by atoms with Gasteiger partial charge in [-0.05, 0) is 31.6 Å². The fourth-order valence-electron chi connectivity index (χ4n) is 2.39. The van der Waals surface area contributed by atoms with Gasteiger partial charge in [0.15, 0.2) is 0 Å². The molecule has 1 rings (SSSR count). The molecule has 1 aromatic heterocycles. The molecular formula is C14H25N2. The Morgan fingerprint density at radius 2 is 2.00 bits per heavy atom. The van der Waals surface area contributed by atoms with Crippen LogP contribution in [0.1, 0.15) is 47.0 Å². The lowest BCUT2D eigenvalue weighted by atomic mass is 9.82. The minimum atomic E-state index is -0.0277. The van der Waals surface area contributed by atoms with Gasteiger partial charge in [-0.25, -0.2) is 4.98 Å². The second-order valence-corrected chi connectivity index (χ2v) is 5.51. The molecule has 0 aliphatic rings. The molecule has 16 heavy (non-hydrogen) atoms. The van der Waals surface area contributed by atoms with Gasteiger partial charge in [0.25, 0.3) is 0 Å². The van der Waals surface area contributed by atoms with E-state index in [2.05, 4.69) is 44.2 Å². The van der Waals surface area contributed by atoms with Crippen LogP contribution in [0.2, 0.25) is 0 Å². The summed E-state index contributed by atoms with van der Waals surface area (Å²) in [6, 6.07) is 0. The van der Waals surface area contributed by atoms with Gasteiger partial charge in [0.1, 0.15) is 0 Å². The van der Waals surface area contributed by atoms with E-state index in [4.69, 9.17) is 0 Å². The smallest absolute Gasteiger partial charge is 0.0951 e. The Bertz CT molecular complexity index is 290. The number of hydrogen-bond donors (Lipinski definition) is 0. The summed E-state index contributed by atoms with van der Waals surface area (Å²) in [5.74, 6) is 1.36. The molecule has 0 saturated carbocycles. The van der Waals surface area contributed by atoms with Crippen LogP contribution >= 0.6 is 0 Å². The minimum absolute atomic E-state index is 0.0277. The molecule has 1 radical (unpaired) electrons. The van der Waals surface area contributed by atoms with Crippen molar-refractivity contribution in [1.82, 2.24) is 9.55 Å². The molecule has 91 valence electrons. The van der Waals surface area contributed by atoms with Crippen molar-refractivity contribution in [3.8, 4) is 0 Å². The Morgan fingerprint density at radius 1 is 1.31 bits per heavy atom. The summed E-state index contributed by atoms with van der Waals surface area (Å²) in [7, 11) is 0. The second kappa shape index (κ2) is 5.51. The van der Waals surface area contributed by atoms with Crippen LogP contribution in [0.4, 0.5) is 0 Å². The van der Waals surface area contributed by atoms with E-state index < -0.39 is 0 Å².